The van der Waals surface area contributed by atoms with Gasteiger partial charge in [-0.1, -0.05) is 29.3 Å². The van der Waals surface area contributed by atoms with Gasteiger partial charge in [-0.25, -0.2) is 14.4 Å². The van der Waals surface area contributed by atoms with Gasteiger partial charge in [-0.05, 0) is 12.1 Å². The second kappa shape index (κ2) is 7.55. The van der Waals surface area contributed by atoms with Gasteiger partial charge in [0.25, 0.3) is 0 Å². The van der Waals surface area contributed by atoms with Crippen molar-refractivity contribution in [3.63, 3.8) is 0 Å². The van der Waals surface area contributed by atoms with Crippen LogP contribution in [0, 0.1) is 0 Å². The lowest BCUT2D eigenvalue weighted by Gasteiger charge is -2.19. The van der Waals surface area contributed by atoms with Crippen LogP contribution in [0.2, 0.25) is 10.0 Å². The number of rotatable bonds is 4. The minimum absolute atomic E-state index is 0.207. The average molecular weight is 336 g/mol. The van der Waals surface area contributed by atoms with E-state index in [2.05, 4.69) is 15.8 Å². The summed E-state index contributed by atoms with van der Waals surface area (Å²) in [5.41, 5.74) is 9.87. The lowest BCUT2D eigenvalue weighted by Crippen LogP contribution is -2.34. The Bertz CT molecular complexity index is 547. The molecule has 8 nitrogen and oxygen atoms in total. The maximum atomic E-state index is 11.2. The van der Waals surface area contributed by atoms with Gasteiger partial charge in [0.1, 0.15) is 6.10 Å². The second-order valence-electron chi connectivity index (χ2n) is 3.65. The highest BCUT2D eigenvalue weighted by Gasteiger charge is 2.22. The number of primary amides is 2. The third-order valence-corrected chi connectivity index (χ3v) is 2.86. The Kier molecular flexibility index (Phi) is 6.07. The van der Waals surface area contributed by atoms with Crippen LogP contribution in [0.5, 0.6) is 0 Å². The Labute approximate surface area is 129 Å². The summed E-state index contributed by atoms with van der Waals surface area (Å²) in [6.45, 7) is -0.279. The first-order chi connectivity index (χ1) is 9.81. The molecule has 0 heterocycles. The molecule has 0 saturated carbocycles. The van der Waals surface area contributed by atoms with Gasteiger partial charge in [0.05, 0.1) is 6.54 Å². The van der Waals surface area contributed by atoms with Crippen LogP contribution in [0.25, 0.3) is 0 Å². The Balaban J connectivity index is 2.88. The Morgan fingerprint density at radius 1 is 1.14 bits per heavy atom. The molecular weight excluding hydrogens is 325 g/mol. The van der Waals surface area contributed by atoms with Gasteiger partial charge < -0.3 is 26.3 Å². The number of halogens is 2. The van der Waals surface area contributed by atoms with E-state index in [0.29, 0.717) is 0 Å². The van der Waals surface area contributed by atoms with E-state index in [1.807, 2.05) is 0 Å². The van der Waals surface area contributed by atoms with E-state index < -0.39 is 24.4 Å². The zero-order chi connectivity index (χ0) is 16.0. The van der Waals surface area contributed by atoms with Crippen molar-refractivity contribution in [2.75, 3.05) is 6.54 Å². The lowest BCUT2D eigenvalue weighted by atomic mass is 10.1. The van der Waals surface area contributed by atoms with Crippen molar-refractivity contribution in [2.24, 2.45) is 11.5 Å². The number of hydrogen-bond donors (Lipinski definition) is 3. The molecule has 114 valence electrons. The molecule has 1 rings (SSSR count). The van der Waals surface area contributed by atoms with E-state index in [0.717, 1.165) is 0 Å². The smallest absolute Gasteiger partial charge is 0.416 e. The molecular formula is C11H11Cl2N3O5. The highest BCUT2D eigenvalue weighted by molar-refractivity contribution is 6.36. The summed E-state index contributed by atoms with van der Waals surface area (Å²) in [4.78, 5) is 32.5. The minimum Gasteiger partial charge on any atom is -0.439 e. The zero-order valence-corrected chi connectivity index (χ0v) is 12.0. The Morgan fingerprint density at radius 3 is 2.19 bits per heavy atom. The SMILES string of the molecule is NC(=O)OC(=O)NC[C@H](OC(N)=O)c1c(Cl)cccc1Cl. The van der Waals surface area contributed by atoms with E-state index in [4.69, 9.17) is 33.7 Å². The summed E-state index contributed by atoms with van der Waals surface area (Å²) in [5.74, 6) is 0. The summed E-state index contributed by atoms with van der Waals surface area (Å²) < 4.78 is 8.89. The maximum absolute atomic E-state index is 11.2. The molecule has 0 radical (unpaired) electrons. The van der Waals surface area contributed by atoms with Crippen LogP contribution in [0.3, 0.4) is 0 Å². The average Bonchev–Trinajstić information content (AvgIpc) is 2.34. The normalized spacial score (nSPS) is 11.3. The summed E-state index contributed by atoms with van der Waals surface area (Å²) in [6.07, 6.45) is -4.57. The largest absolute Gasteiger partial charge is 0.439 e. The summed E-state index contributed by atoms with van der Waals surface area (Å²) in [6, 6.07) is 4.62. The summed E-state index contributed by atoms with van der Waals surface area (Å²) >= 11 is 11.9. The van der Waals surface area contributed by atoms with Crippen LogP contribution in [-0.2, 0) is 9.47 Å². The number of carbonyl (C=O) groups excluding carboxylic acids is 3. The molecule has 0 aliphatic heterocycles. The van der Waals surface area contributed by atoms with E-state index in [9.17, 15) is 14.4 Å². The van der Waals surface area contributed by atoms with Crippen LogP contribution in [0.1, 0.15) is 11.7 Å². The standard InChI is InChI=1S/C11H11Cl2N3O5/c12-5-2-1-3-6(13)8(5)7(20-9(14)17)4-16-11(19)21-10(15)18/h1-3,7H,4H2,(H2,14,17)(H2,15,18)(H,16,19)/t7-/m0/s1. The van der Waals surface area contributed by atoms with Crippen molar-refractivity contribution in [3.8, 4) is 0 Å². The van der Waals surface area contributed by atoms with E-state index >= 15 is 0 Å². The van der Waals surface area contributed by atoms with E-state index in [-0.39, 0.29) is 22.2 Å². The number of nitrogens with one attached hydrogen (secondary N) is 1. The number of ether oxygens (including phenoxy) is 2. The molecule has 0 fully saturated rings. The van der Waals surface area contributed by atoms with Crippen LogP contribution < -0.4 is 16.8 Å². The fourth-order valence-electron chi connectivity index (χ4n) is 1.46. The molecule has 5 N–H and O–H groups in total. The first-order valence-corrected chi connectivity index (χ1v) is 6.22. The number of hydrogen-bond acceptors (Lipinski definition) is 5. The lowest BCUT2D eigenvalue weighted by molar-refractivity contribution is 0.102. The molecule has 0 bridgehead atoms. The molecule has 3 amide bonds. The quantitative estimate of drug-likeness (QED) is 0.722. The number of nitrogens with two attached hydrogens (primary N) is 2. The van der Waals surface area contributed by atoms with Gasteiger partial charge in [-0.2, -0.15) is 0 Å². The first kappa shape index (κ1) is 16.9. The van der Waals surface area contributed by atoms with Gasteiger partial charge in [-0.3, -0.25) is 0 Å². The number of benzene rings is 1. The molecule has 10 heteroatoms. The first-order valence-electron chi connectivity index (χ1n) is 5.46. The molecule has 0 aromatic heterocycles. The van der Waals surface area contributed by atoms with Gasteiger partial charge in [0.15, 0.2) is 0 Å². The fraction of sp³-hybridized carbons (Fsp3) is 0.182. The molecule has 1 aromatic carbocycles. The Hall–Kier alpha value is -2.19. The molecule has 1 atom stereocenters. The zero-order valence-electron chi connectivity index (χ0n) is 10.5. The molecule has 0 aliphatic rings. The maximum Gasteiger partial charge on any atom is 0.416 e. The predicted octanol–water partition coefficient (Wildman–Crippen LogP) is 1.93. The minimum atomic E-state index is -1.28. The molecule has 0 aliphatic carbocycles. The summed E-state index contributed by atoms with van der Waals surface area (Å²) in [7, 11) is 0. The predicted molar refractivity (Wildman–Crippen MR) is 73.9 cm³/mol. The van der Waals surface area contributed by atoms with Gasteiger partial charge in [0, 0.05) is 15.6 Å². The Morgan fingerprint density at radius 2 is 1.71 bits per heavy atom. The monoisotopic (exact) mass is 335 g/mol. The van der Waals surface area contributed by atoms with E-state index in [1.54, 1.807) is 6.07 Å². The highest BCUT2D eigenvalue weighted by atomic mass is 35.5. The van der Waals surface area contributed by atoms with Crippen LogP contribution in [0.4, 0.5) is 14.4 Å². The van der Waals surface area contributed by atoms with Crippen molar-refractivity contribution >= 4 is 41.5 Å². The van der Waals surface area contributed by atoms with Crippen molar-refractivity contribution in [2.45, 2.75) is 6.10 Å². The van der Waals surface area contributed by atoms with Crippen LogP contribution in [0.15, 0.2) is 18.2 Å². The summed E-state index contributed by atoms with van der Waals surface area (Å²) in [5, 5.41) is 2.57. The third kappa shape index (κ3) is 5.36. The third-order valence-electron chi connectivity index (χ3n) is 2.21. The van der Waals surface area contributed by atoms with Crippen molar-refractivity contribution in [1.29, 1.82) is 0 Å². The van der Waals surface area contributed by atoms with Gasteiger partial charge in [-0.15, -0.1) is 0 Å². The highest BCUT2D eigenvalue weighted by Crippen LogP contribution is 2.32. The molecule has 21 heavy (non-hydrogen) atoms. The van der Waals surface area contributed by atoms with Crippen molar-refractivity contribution < 1.29 is 23.9 Å². The van der Waals surface area contributed by atoms with Crippen molar-refractivity contribution in [3.05, 3.63) is 33.8 Å². The van der Waals surface area contributed by atoms with Crippen LogP contribution >= 0.6 is 23.2 Å². The molecule has 0 saturated heterocycles. The number of alkyl carbamates (subject to hydrolysis) is 1. The molecule has 0 unspecified atom stereocenters. The number of carbonyl (C=O) groups is 3. The molecule has 0 spiro atoms. The van der Waals surface area contributed by atoms with Crippen molar-refractivity contribution in [1.82, 2.24) is 5.32 Å². The fourth-order valence-corrected chi connectivity index (χ4v) is 2.11. The van der Waals surface area contributed by atoms with Gasteiger partial charge >= 0.3 is 18.3 Å². The molecule has 1 aromatic rings. The second-order valence-corrected chi connectivity index (χ2v) is 4.46. The number of amides is 3. The topological polar surface area (TPSA) is 134 Å². The van der Waals surface area contributed by atoms with Crippen LogP contribution in [-0.4, -0.2) is 24.8 Å². The van der Waals surface area contributed by atoms with Gasteiger partial charge in [0.2, 0.25) is 0 Å². The van der Waals surface area contributed by atoms with E-state index in [1.165, 1.54) is 12.1 Å².